The molecule has 1 aromatic heterocycles. The zero-order valence-corrected chi connectivity index (χ0v) is 24.1. The van der Waals surface area contributed by atoms with E-state index in [4.69, 9.17) is 4.98 Å². The number of para-hydroxylation sites is 2. The van der Waals surface area contributed by atoms with Crippen LogP contribution in [0.15, 0.2) is 29.1 Å². The van der Waals surface area contributed by atoms with Crippen molar-refractivity contribution in [3.05, 3.63) is 34.6 Å². The third-order valence-electron chi connectivity index (χ3n) is 10.9. The van der Waals surface area contributed by atoms with Crippen LogP contribution in [0, 0.1) is 11.8 Å². The number of carboxylic acid groups (broad SMARTS) is 1. The Labute approximate surface area is 241 Å². The first-order valence-corrected chi connectivity index (χ1v) is 15.9. The Balaban J connectivity index is 1.21. The summed E-state index contributed by atoms with van der Waals surface area (Å²) >= 11 is 0. The first-order chi connectivity index (χ1) is 19.9. The number of carbonyl (C=O) groups excluding carboxylic acids is 1. The van der Waals surface area contributed by atoms with E-state index in [1.807, 2.05) is 28.8 Å². The van der Waals surface area contributed by atoms with Crippen molar-refractivity contribution in [2.45, 2.75) is 120 Å². The molecule has 1 aromatic carbocycles. The molecule has 0 spiro atoms. The fourth-order valence-corrected chi connectivity index (χ4v) is 9.41. The molecule has 5 fully saturated rings. The summed E-state index contributed by atoms with van der Waals surface area (Å²) in [7, 11) is 0. The molecule has 9 heteroatoms. The average Bonchev–Trinajstić information content (AvgIpc) is 3.08. The quantitative estimate of drug-likeness (QED) is 0.566. The molecule has 41 heavy (non-hydrogen) atoms. The van der Waals surface area contributed by atoms with Crippen LogP contribution in [0.2, 0.25) is 0 Å². The van der Waals surface area contributed by atoms with Gasteiger partial charge in [-0.2, -0.15) is 0 Å². The molecule has 5 aliphatic rings. The molecule has 2 saturated carbocycles. The van der Waals surface area contributed by atoms with Gasteiger partial charge in [-0.1, -0.05) is 44.2 Å². The minimum Gasteiger partial charge on any atom is -0.480 e. The molecule has 7 atom stereocenters. The molecule has 3 saturated heterocycles. The number of aromatic nitrogens is 2. The van der Waals surface area contributed by atoms with Gasteiger partial charge in [-0.3, -0.25) is 14.5 Å². The lowest BCUT2D eigenvalue weighted by Gasteiger charge is -2.54. The molecule has 2 N–H and O–H groups in total. The molecule has 2 unspecified atom stereocenters. The second kappa shape index (κ2) is 10.7. The molecular weight excluding hydrogens is 518 g/mol. The van der Waals surface area contributed by atoms with E-state index in [1.54, 1.807) is 4.90 Å². The van der Waals surface area contributed by atoms with Crippen LogP contribution in [0.1, 0.15) is 90.0 Å². The highest BCUT2D eigenvalue weighted by atomic mass is 16.4. The van der Waals surface area contributed by atoms with E-state index in [0.717, 1.165) is 30.2 Å². The van der Waals surface area contributed by atoms with Crippen LogP contribution < -0.4 is 15.8 Å². The van der Waals surface area contributed by atoms with Gasteiger partial charge in [-0.05, 0) is 68.9 Å². The molecular formula is C32H43N5O4. The van der Waals surface area contributed by atoms with Crippen molar-refractivity contribution < 1.29 is 14.7 Å². The number of aliphatic carboxylic acids is 1. The van der Waals surface area contributed by atoms with Crippen molar-refractivity contribution >= 4 is 28.7 Å². The molecule has 0 radical (unpaired) electrons. The van der Waals surface area contributed by atoms with Gasteiger partial charge in [0, 0.05) is 37.6 Å². The fraction of sp³-hybridized carbons (Fsp3) is 0.688. The van der Waals surface area contributed by atoms with Gasteiger partial charge in [0.1, 0.15) is 0 Å². The number of carbonyl (C=O) groups is 2. The Morgan fingerprint density at radius 3 is 2.22 bits per heavy atom. The number of anilines is 1. The predicted molar refractivity (Wildman–Crippen MR) is 157 cm³/mol. The average molecular weight is 562 g/mol. The maximum absolute atomic E-state index is 14.3. The zero-order valence-electron chi connectivity index (χ0n) is 24.1. The Bertz CT molecular complexity index is 1360. The second-order valence-corrected chi connectivity index (χ2v) is 13.5. The van der Waals surface area contributed by atoms with E-state index in [9.17, 15) is 19.5 Å². The molecule has 3 aliphatic heterocycles. The topological polar surface area (TPSA) is 108 Å². The van der Waals surface area contributed by atoms with Crippen LogP contribution in [0.5, 0.6) is 0 Å². The smallest absolute Gasteiger partial charge is 0.328 e. The molecule has 2 aliphatic carbocycles. The number of fused-ring (bicyclic) bond motifs is 5. The van der Waals surface area contributed by atoms with Gasteiger partial charge in [0.2, 0.25) is 5.91 Å². The van der Waals surface area contributed by atoms with Crippen LogP contribution in [0.4, 0.5) is 5.82 Å². The number of nitrogens with one attached hydrogen (secondary N) is 1. The molecule has 1 amide bonds. The molecule has 9 nitrogen and oxygen atoms in total. The van der Waals surface area contributed by atoms with E-state index < -0.39 is 18.1 Å². The standard InChI is InChI=1S/C32H43N5O4/c1-19(38)33-27-18-35(29(27)32(40)41)30-31(39)37(28-12-5-4-11-26(28)34-30)25-16-22-9-6-10-23(17-25)36(22)24-14-20-7-2-3-8-21(13-20)15-24/h4-5,11-12,20-25,27,29H,2-3,6-10,13-18H2,1H3,(H,33,38)(H,40,41)/t20-,21?,22+,23+,24?,27+,29-/m0/s1. The van der Waals surface area contributed by atoms with Crippen molar-refractivity contribution in [3.63, 3.8) is 0 Å². The van der Waals surface area contributed by atoms with Crippen LogP contribution in [-0.4, -0.2) is 68.2 Å². The van der Waals surface area contributed by atoms with Crippen LogP contribution in [0.25, 0.3) is 11.0 Å². The summed E-state index contributed by atoms with van der Waals surface area (Å²) in [6.07, 6.45) is 15.3. The van der Waals surface area contributed by atoms with E-state index in [1.165, 1.54) is 71.1 Å². The van der Waals surface area contributed by atoms with Crippen molar-refractivity contribution in [2.75, 3.05) is 11.4 Å². The van der Waals surface area contributed by atoms with Gasteiger partial charge < -0.3 is 19.9 Å². The van der Waals surface area contributed by atoms with E-state index in [0.29, 0.717) is 23.6 Å². The highest BCUT2D eigenvalue weighted by Crippen LogP contribution is 2.47. The van der Waals surface area contributed by atoms with Gasteiger partial charge in [0.05, 0.1) is 17.1 Å². The lowest BCUT2D eigenvalue weighted by molar-refractivity contribution is -0.141. The number of rotatable bonds is 5. The number of hydrogen-bond donors (Lipinski definition) is 2. The number of piperidine rings is 2. The molecule has 4 bridgehead atoms. The lowest BCUT2D eigenvalue weighted by Crippen LogP contribution is -2.71. The molecule has 220 valence electrons. The monoisotopic (exact) mass is 561 g/mol. The number of hydrogen-bond acceptors (Lipinski definition) is 6. The number of nitrogens with zero attached hydrogens (tertiary/aromatic N) is 4. The Morgan fingerprint density at radius 2 is 1.56 bits per heavy atom. The van der Waals surface area contributed by atoms with Gasteiger partial charge >= 0.3 is 5.97 Å². The summed E-state index contributed by atoms with van der Waals surface area (Å²) in [6.45, 7) is 1.64. The van der Waals surface area contributed by atoms with Crippen LogP contribution in [-0.2, 0) is 9.59 Å². The molecule has 2 aromatic rings. The number of benzene rings is 1. The van der Waals surface area contributed by atoms with E-state index >= 15 is 0 Å². The first-order valence-electron chi connectivity index (χ1n) is 15.9. The van der Waals surface area contributed by atoms with Gasteiger partial charge in [0.25, 0.3) is 5.56 Å². The van der Waals surface area contributed by atoms with Gasteiger partial charge in [0.15, 0.2) is 11.9 Å². The van der Waals surface area contributed by atoms with Crippen molar-refractivity contribution in [2.24, 2.45) is 11.8 Å². The van der Waals surface area contributed by atoms with Crippen molar-refractivity contribution in [1.29, 1.82) is 0 Å². The van der Waals surface area contributed by atoms with Crippen LogP contribution in [0.3, 0.4) is 0 Å². The normalized spacial score (nSPS) is 35.4. The SMILES string of the molecule is CC(=O)N[C@@H]1CN(c2nc3ccccc3n(C3C[C@H]4CCC[C@H](C3)N4C3CC4CCCC[C@@H](C4)C3)c2=O)[C@@H]1C(=O)O. The Morgan fingerprint density at radius 1 is 0.878 bits per heavy atom. The Hall–Kier alpha value is -2.94. The minimum absolute atomic E-state index is 0.0577. The summed E-state index contributed by atoms with van der Waals surface area (Å²) in [5, 5.41) is 12.7. The highest BCUT2D eigenvalue weighted by molar-refractivity contribution is 5.85. The summed E-state index contributed by atoms with van der Waals surface area (Å²) in [4.78, 5) is 47.3. The fourth-order valence-electron chi connectivity index (χ4n) is 9.41. The Kier molecular flexibility index (Phi) is 7.04. The maximum atomic E-state index is 14.3. The van der Waals surface area contributed by atoms with Crippen molar-refractivity contribution in [1.82, 2.24) is 19.8 Å². The second-order valence-electron chi connectivity index (χ2n) is 13.5. The summed E-state index contributed by atoms with van der Waals surface area (Å²) in [6, 6.07) is 7.91. The number of carboxylic acids is 1. The molecule has 4 heterocycles. The number of amides is 1. The first kappa shape index (κ1) is 26.9. The highest BCUT2D eigenvalue weighted by Gasteiger charge is 2.48. The van der Waals surface area contributed by atoms with Gasteiger partial charge in [-0.15, -0.1) is 0 Å². The zero-order chi connectivity index (χ0) is 28.2. The largest absolute Gasteiger partial charge is 0.480 e. The van der Waals surface area contributed by atoms with Gasteiger partial charge in [-0.25, -0.2) is 9.78 Å². The summed E-state index contributed by atoms with van der Waals surface area (Å²) in [5.41, 5.74) is 1.32. The minimum atomic E-state index is -1.06. The predicted octanol–water partition coefficient (Wildman–Crippen LogP) is 4.09. The van der Waals surface area contributed by atoms with E-state index in [-0.39, 0.29) is 29.9 Å². The van der Waals surface area contributed by atoms with Crippen molar-refractivity contribution in [3.8, 4) is 0 Å². The summed E-state index contributed by atoms with van der Waals surface area (Å²) < 4.78 is 1.95. The third kappa shape index (κ3) is 4.84. The summed E-state index contributed by atoms with van der Waals surface area (Å²) in [5.74, 6) is 0.608. The lowest BCUT2D eigenvalue weighted by atomic mass is 9.73. The maximum Gasteiger partial charge on any atom is 0.328 e. The van der Waals surface area contributed by atoms with E-state index in [2.05, 4.69) is 10.2 Å². The third-order valence-corrected chi connectivity index (χ3v) is 10.9. The van der Waals surface area contributed by atoms with Crippen LogP contribution >= 0.6 is 0 Å². The molecule has 7 rings (SSSR count).